The van der Waals surface area contributed by atoms with E-state index >= 15 is 0 Å². The van der Waals surface area contributed by atoms with Gasteiger partial charge in [-0.2, -0.15) is 0 Å². The molecule has 1 saturated carbocycles. The molecule has 0 unspecified atom stereocenters. The average Bonchev–Trinajstić information content (AvgIpc) is 2.74. The topological polar surface area (TPSA) is 115 Å². The Morgan fingerprint density at radius 2 is 1.97 bits per heavy atom. The number of fused-ring (bicyclic) bond motifs is 1. The van der Waals surface area contributed by atoms with Gasteiger partial charge in [0, 0.05) is 11.8 Å². The number of hydrogen-bond donors (Lipinski definition) is 2. The first-order valence-corrected chi connectivity index (χ1v) is 10.8. The fourth-order valence-electron chi connectivity index (χ4n) is 3.58. The Hall–Kier alpha value is -3.36. The van der Waals surface area contributed by atoms with E-state index in [1.807, 2.05) is 6.92 Å². The molecular formula is C24H22ClNO7. The third-order valence-corrected chi connectivity index (χ3v) is 5.82. The van der Waals surface area contributed by atoms with Crippen LogP contribution < -0.4 is 15.5 Å². The number of aryl methyl sites for hydroxylation is 1. The lowest BCUT2D eigenvalue weighted by atomic mass is 9.82. The summed E-state index contributed by atoms with van der Waals surface area (Å²) in [6, 6.07) is 11.1. The van der Waals surface area contributed by atoms with Crippen LogP contribution >= 0.6 is 11.6 Å². The van der Waals surface area contributed by atoms with Crippen LogP contribution in [-0.2, 0) is 9.53 Å². The first-order valence-electron chi connectivity index (χ1n) is 10.4. The smallest absolute Gasteiger partial charge is 0.306 e. The van der Waals surface area contributed by atoms with E-state index in [1.165, 1.54) is 0 Å². The van der Waals surface area contributed by atoms with Gasteiger partial charge in [-0.05, 0) is 55.7 Å². The number of nitrogens with one attached hydrogen (secondary N) is 1. The van der Waals surface area contributed by atoms with E-state index in [0.29, 0.717) is 42.9 Å². The second-order valence-corrected chi connectivity index (χ2v) is 8.28. The number of rotatable bonds is 8. The van der Waals surface area contributed by atoms with Crippen molar-refractivity contribution in [1.82, 2.24) is 0 Å². The molecule has 0 spiro atoms. The Labute approximate surface area is 194 Å². The van der Waals surface area contributed by atoms with E-state index in [2.05, 4.69) is 5.32 Å². The zero-order chi connectivity index (χ0) is 23.5. The van der Waals surface area contributed by atoms with Crippen molar-refractivity contribution in [2.24, 2.45) is 5.92 Å². The summed E-state index contributed by atoms with van der Waals surface area (Å²) in [6.07, 6.45) is 1.04. The maximum atomic E-state index is 12.7. The SMILES string of the molecule is Cc1cc(OCCOC2CC(C(=O)O)C2)ccc1NC(=O)c1cc(=O)c2cccc(Cl)c2o1. The van der Waals surface area contributed by atoms with Crippen LogP contribution in [0.4, 0.5) is 5.69 Å². The van der Waals surface area contributed by atoms with E-state index in [4.69, 9.17) is 30.6 Å². The summed E-state index contributed by atoms with van der Waals surface area (Å²) >= 11 is 6.10. The zero-order valence-corrected chi connectivity index (χ0v) is 18.6. The van der Waals surface area contributed by atoms with E-state index in [9.17, 15) is 14.4 Å². The molecule has 2 N–H and O–H groups in total. The van der Waals surface area contributed by atoms with Crippen LogP contribution in [0.25, 0.3) is 11.0 Å². The number of aliphatic carboxylic acids is 1. The highest BCUT2D eigenvalue weighted by atomic mass is 35.5. The van der Waals surface area contributed by atoms with Gasteiger partial charge in [0.25, 0.3) is 5.91 Å². The van der Waals surface area contributed by atoms with E-state index in [0.717, 1.165) is 11.6 Å². The van der Waals surface area contributed by atoms with Gasteiger partial charge in [-0.15, -0.1) is 0 Å². The maximum Gasteiger partial charge on any atom is 0.306 e. The number of ether oxygens (including phenoxy) is 2. The van der Waals surface area contributed by atoms with Crippen molar-refractivity contribution in [1.29, 1.82) is 0 Å². The highest BCUT2D eigenvalue weighted by Crippen LogP contribution is 2.30. The highest BCUT2D eigenvalue weighted by molar-refractivity contribution is 6.34. The first-order chi connectivity index (χ1) is 15.8. The summed E-state index contributed by atoms with van der Waals surface area (Å²) in [7, 11) is 0. The Kier molecular flexibility index (Phi) is 6.67. The van der Waals surface area contributed by atoms with E-state index < -0.39 is 11.9 Å². The van der Waals surface area contributed by atoms with Gasteiger partial charge in [-0.1, -0.05) is 17.7 Å². The molecule has 1 aromatic heterocycles. The molecule has 1 aliphatic rings. The molecule has 0 atom stereocenters. The number of carboxylic acids is 1. The second kappa shape index (κ2) is 9.64. The van der Waals surface area contributed by atoms with Crippen LogP contribution in [0.2, 0.25) is 5.02 Å². The van der Waals surface area contributed by atoms with Gasteiger partial charge in [-0.3, -0.25) is 14.4 Å². The average molecular weight is 472 g/mol. The fourth-order valence-corrected chi connectivity index (χ4v) is 3.80. The number of amides is 1. The predicted molar refractivity (Wildman–Crippen MR) is 122 cm³/mol. The van der Waals surface area contributed by atoms with Crippen LogP contribution in [-0.4, -0.2) is 36.3 Å². The third-order valence-electron chi connectivity index (χ3n) is 5.53. The number of anilines is 1. The van der Waals surface area contributed by atoms with Gasteiger partial charge < -0.3 is 24.3 Å². The molecule has 8 nitrogen and oxygen atoms in total. The lowest BCUT2D eigenvalue weighted by Gasteiger charge is -2.31. The Bertz CT molecular complexity index is 1260. The van der Waals surface area contributed by atoms with Crippen LogP contribution in [0, 0.1) is 12.8 Å². The first kappa shape index (κ1) is 22.8. The molecule has 3 aromatic rings. The van der Waals surface area contributed by atoms with Crippen LogP contribution in [0.5, 0.6) is 5.75 Å². The summed E-state index contributed by atoms with van der Waals surface area (Å²) in [4.78, 5) is 35.8. The number of halogens is 1. The van der Waals surface area contributed by atoms with Gasteiger partial charge in [0.05, 0.1) is 29.0 Å². The zero-order valence-electron chi connectivity index (χ0n) is 17.8. The Morgan fingerprint density at radius 1 is 1.18 bits per heavy atom. The van der Waals surface area contributed by atoms with Crippen molar-refractivity contribution >= 4 is 40.1 Å². The lowest BCUT2D eigenvalue weighted by molar-refractivity contribution is -0.151. The number of benzene rings is 2. The molecule has 4 rings (SSSR count). The molecule has 0 saturated heterocycles. The minimum atomic E-state index is -0.777. The van der Waals surface area contributed by atoms with Crippen LogP contribution in [0.3, 0.4) is 0 Å². The monoisotopic (exact) mass is 471 g/mol. The molecule has 9 heteroatoms. The van der Waals surface area contributed by atoms with Crippen molar-refractivity contribution < 1.29 is 28.6 Å². The van der Waals surface area contributed by atoms with Crippen molar-refractivity contribution in [3.63, 3.8) is 0 Å². The number of carbonyl (C=O) groups is 2. The predicted octanol–water partition coefficient (Wildman–Crippen LogP) is 4.27. The molecule has 0 aliphatic heterocycles. The normalized spacial score (nSPS) is 17.4. The molecule has 2 aromatic carbocycles. The molecule has 1 amide bonds. The summed E-state index contributed by atoms with van der Waals surface area (Å²) < 4.78 is 16.8. The van der Waals surface area contributed by atoms with Crippen molar-refractivity contribution in [3.05, 3.63) is 69.0 Å². The molecular weight excluding hydrogens is 450 g/mol. The van der Waals surface area contributed by atoms with Crippen molar-refractivity contribution in [2.75, 3.05) is 18.5 Å². The van der Waals surface area contributed by atoms with Gasteiger partial charge in [0.2, 0.25) is 0 Å². The third kappa shape index (κ3) is 5.18. The van der Waals surface area contributed by atoms with E-state index in [-0.39, 0.29) is 33.8 Å². The Morgan fingerprint density at radius 3 is 2.70 bits per heavy atom. The Balaban J connectivity index is 1.33. The molecule has 0 radical (unpaired) electrons. The van der Waals surface area contributed by atoms with Crippen LogP contribution in [0.15, 0.2) is 51.7 Å². The van der Waals surface area contributed by atoms with Gasteiger partial charge in [0.1, 0.15) is 12.4 Å². The minimum absolute atomic E-state index is 0.0286. The van der Waals surface area contributed by atoms with Gasteiger partial charge >= 0.3 is 5.97 Å². The molecule has 0 bridgehead atoms. The number of hydrogen-bond acceptors (Lipinski definition) is 6. The molecule has 172 valence electrons. The lowest BCUT2D eigenvalue weighted by Crippen LogP contribution is -2.36. The fraction of sp³-hybridized carbons (Fsp3) is 0.292. The van der Waals surface area contributed by atoms with Crippen molar-refractivity contribution in [2.45, 2.75) is 25.9 Å². The van der Waals surface area contributed by atoms with Crippen LogP contribution in [0.1, 0.15) is 29.0 Å². The van der Waals surface area contributed by atoms with Gasteiger partial charge in [0.15, 0.2) is 16.8 Å². The molecule has 33 heavy (non-hydrogen) atoms. The van der Waals surface area contributed by atoms with Gasteiger partial charge in [-0.25, -0.2) is 0 Å². The number of carboxylic acid groups (broad SMARTS) is 1. The number of carbonyl (C=O) groups excluding carboxylic acids is 1. The number of para-hydroxylation sites is 1. The summed E-state index contributed by atoms with van der Waals surface area (Å²) in [5.74, 6) is -1.19. The summed E-state index contributed by atoms with van der Waals surface area (Å²) in [6.45, 7) is 2.49. The minimum Gasteiger partial charge on any atom is -0.491 e. The maximum absolute atomic E-state index is 12.7. The largest absolute Gasteiger partial charge is 0.491 e. The highest BCUT2D eigenvalue weighted by Gasteiger charge is 2.34. The molecule has 1 fully saturated rings. The quantitative estimate of drug-likeness (QED) is 0.471. The molecule has 1 heterocycles. The summed E-state index contributed by atoms with van der Waals surface area (Å²) in [5.41, 5.74) is 1.11. The molecule has 1 aliphatic carbocycles. The standard InChI is InChI=1S/C24H22ClNO7/c1-13-9-15(31-7-8-32-16-10-14(11-16)24(29)30)5-6-19(13)26-23(28)21-12-20(27)17-3-2-4-18(25)22(17)33-21/h2-6,9,12,14,16H,7-8,10-11H2,1H3,(H,26,28)(H,29,30). The second-order valence-electron chi connectivity index (χ2n) is 7.87. The summed E-state index contributed by atoms with van der Waals surface area (Å²) in [5, 5.41) is 12.2. The van der Waals surface area contributed by atoms with Crippen molar-refractivity contribution in [3.8, 4) is 5.75 Å². The van der Waals surface area contributed by atoms with E-state index in [1.54, 1.807) is 36.4 Å².